The number of amides is 7. The number of ether oxygens (including phenoxy) is 3. The highest BCUT2D eigenvalue weighted by Crippen LogP contribution is 2.44. The number of hydrogen-bond donors (Lipinski definition) is 9. The summed E-state index contributed by atoms with van der Waals surface area (Å²) in [5, 5.41) is 28.4. The second-order valence-corrected chi connectivity index (χ2v) is 22.1. The van der Waals surface area contributed by atoms with Gasteiger partial charge in [-0.2, -0.15) is 0 Å². The van der Waals surface area contributed by atoms with Crippen LogP contribution in [0, 0.1) is 5.92 Å². The third-order valence-electron chi connectivity index (χ3n) is 16.1. The van der Waals surface area contributed by atoms with E-state index in [-0.39, 0.29) is 25.4 Å². The number of carboxylic acid groups (broad SMARTS) is 1. The van der Waals surface area contributed by atoms with Gasteiger partial charge in [-0.3, -0.25) is 38.4 Å². The van der Waals surface area contributed by atoms with Gasteiger partial charge in [-0.15, -0.1) is 0 Å². The zero-order chi connectivity index (χ0) is 65.2. The minimum Gasteiger partial charge on any atom is -0.480 e. The van der Waals surface area contributed by atoms with E-state index in [1.807, 2.05) is 121 Å². The zero-order valence-electron chi connectivity index (χ0n) is 51.0. The summed E-state index contributed by atoms with van der Waals surface area (Å²) in [6.45, 7) is 5.18. The third kappa shape index (κ3) is 16.4. The number of carbonyl (C=O) groups is 10. The molecule has 0 aliphatic heterocycles. The molecule has 0 bridgehead atoms. The number of rotatable bonds is 29. The van der Waals surface area contributed by atoms with Crippen LogP contribution in [0.5, 0.6) is 0 Å². The van der Waals surface area contributed by atoms with Gasteiger partial charge >= 0.3 is 24.0 Å². The number of aromatic amines is 1. The number of methoxy groups -OCH3 is 1. The topological polar surface area (TPSA) is 319 Å². The van der Waals surface area contributed by atoms with Crippen LogP contribution in [0.15, 0.2) is 170 Å². The maximum atomic E-state index is 15.1. The third-order valence-corrected chi connectivity index (χ3v) is 16.1. The van der Waals surface area contributed by atoms with E-state index in [0.29, 0.717) is 28.7 Å². The summed E-state index contributed by atoms with van der Waals surface area (Å²) in [5.74, 6) is -10.4. The number of alkyl carbamates (subject to hydrolysis) is 1. The van der Waals surface area contributed by atoms with Crippen LogP contribution in [0.25, 0.3) is 22.0 Å². The molecule has 9 N–H and O–H groups in total. The Morgan fingerprint density at radius 3 is 1.64 bits per heavy atom. The normalized spacial score (nSPS) is 14.0. The Morgan fingerprint density at radius 2 is 1.09 bits per heavy atom. The molecular formula is C69H74N8O14. The standard InChI is InChI=1S/C69H74N8O14/c1-6-41(3)61(76-68(88)90-40-52-50-32-19-17-30-48(50)49-31-18-20-33-51(49)52)67(87)91-42(4)62(66(86)71-39-59(80)81)75-65(85)56(37-60(82)89-5)74-64(84)55(73-63(83)54(72-57(78)7-2)35-43-38-70-53-34-22-21-29-47(43)53)36-58(79)77-69(44-23-11-8-12-24-44,45-25-13-9-14-26-45)46-27-15-10-16-28-46/h8-34,38,41-42,52,54-56,61-62,70H,6-7,35-37,39-40H2,1-5H3,(H,71,86)(H,72,78)(H,73,83)(H,74,84)(H,75,85)(H,76,88)(H,77,79)(H,80,81). The van der Waals surface area contributed by atoms with E-state index in [9.17, 15) is 43.5 Å². The second-order valence-electron chi connectivity index (χ2n) is 22.1. The Balaban J connectivity index is 1.07. The largest absolute Gasteiger partial charge is 0.480 e. The number of para-hydroxylation sites is 1. The predicted molar refractivity (Wildman–Crippen MR) is 336 cm³/mol. The van der Waals surface area contributed by atoms with E-state index < -0.39 is 127 Å². The molecule has 1 heterocycles. The zero-order valence-corrected chi connectivity index (χ0v) is 51.0. The molecule has 7 aromatic rings. The number of carboxylic acids is 1. The summed E-state index contributed by atoms with van der Waals surface area (Å²) in [5.41, 5.74) is 5.70. The summed E-state index contributed by atoms with van der Waals surface area (Å²) in [7, 11) is 1.01. The highest BCUT2D eigenvalue weighted by molar-refractivity contribution is 5.99. The van der Waals surface area contributed by atoms with E-state index in [2.05, 4.69) is 42.2 Å². The van der Waals surface area contributed by atoms with Gasteiger partial charge in [0.05, 0.1) is 20.0 Å². The molecule has 1 aromatic heterocycles. The Labute approximate surface area is 526 Å². The van der Waals surface area contributed by atoms with E-state index in [1.165, 1.54) is 6.92 Å². The van der Waals surface area contributed by atoms with Gasteiger partial charge in [0.1, 0.15) is 55.0 Å². The van der Waals surface area contributed by atoms with Gasteiger partial charge in [-0.25, -0.2) is 9.59 Å². The molecule has 22 nitrogen and oxygen atoms in total. The number of aliphatic carboxylic acids is 1. The van der Waals surface area contributed by atoms with Gasteiger partial charge in [0.25, 0.3) is 0 Å². The molecule has 0 fully saturated rings. The molecule has 6 aromatic carbocycles. The lowest BCUT2D eigenvalue weighted by Crippen LogP contribution is -2.61. The number of benzene rings is 6. The van der Waals surface area contributed by atoms with Crippen molar-refractivity contribution in [2.45, 2.75) is 108 Å². The van der Waals surface area contributed by atoms with Crippen LogP contribution in [0.4, 0.5) is 4.79 Å². The molecular weight excluding hydrogens is 1160 g/mol. The van der Waals surface area contributed by atoms with Gasteiger partial charge in [0.15, 0.2) is 0 Å². The molecule has 0 radical (unpaired) electrons. The highest BCUT2D eigenvalue weighted by atomic mass is 16.6. The maximum absolute atomic E-state index is 15.1. The number of carbonyl (C=O) groups excluding carboxylic acids is 9. The molecule has 8 rings (SSSR count). The van der Waals surface area contributed by atoms with E-state index in [0.717, 1.165) is 40.3 Å². The van der Waals surface area contributed by atoms with Crippen LogP contribution in [0.3, 0.4) is 0 Å². The van der Waals surface area contributed by atoms with E-state index in [1.54, 1.807) is 69.4 Å². The number of fused-ring (bicyclic) bond motifs is 4. The quantitative estimate of drug-likeness (QED) is 0.0143. The predicted octanol–water partition coefficient (Wildman–Crippen LogP) is 6.21. The van der Waals surface area contributed by atoms with Crippen LogP contribution in [-0.4, -0.2) is 126 Å². The summed E-state index contributed by atoms with van der Waals surface area (Å²) in [4.78, 5) is 143. The van der Waals surface area contributed by atoms with Crippen molar-refractivity contribution in [2.75, 3.05) is 20.3 Å². The lowest BCUT2D eigenvalue weighted by Gasteiger charge is -2.37. The lowest BCUT2D eigenvalue weighted by atomic mass is 9.77. The lowest BCUT2D eigenvalue weighted by molar-refractivity contribution is -0.156. The molecule has 7 amide bonds. The number of H-pyrrole nitrogens is 1. The number of hydrogen-bond acceptors (Lipinski definition) is 13. The van der Waals surface area contributed by atoms with Crippen molar-refractivity contribution in [1.29, 1.82) is 0 Å². The van der Waals surface area contributed by atoms with Crippen molar-refractivity contribution in [2.24, 2.45) is 5.92 Å². The summed E-state index contributed by atoms with van der Waals surface area (Å²) >= 11 is 0. The van der Waals surface area contributed by atoms with Gasteiger partial charge < -0.3 is 61.5 Å². The molecule has 0 saturated heterocycles. The number of esters is 2. The Bertz CT molecular complexity index is 3610. The second kappa shape index (κ2) is 31.0. The fraction of sp³-hybridized carbons (Fsp3) is 0.304. The van der Waals surface area contributed by atoms with E-state index in [4.69, 9.17) is 14.2 Å². The van der Waals surface area contributed by atoms with E-state index >= 15 is 9.59 Å². The van der Waals surface area contributed by atoms with Crippen LogP contribution in [-0.2, 0) is 69.3 Å². The molecule has 0 spiro atoms. The Hall–Kier alpha value is -10.6. The van der Waals surface area contributed by atoms with Crippen LogP contribution < -0.4 is 37.2 Å². The van der Waals surface area contributed by atoms with Crippen molar-refractivity contribution in [3.05, 3.63) is 203 Å². The minimum absolute atomic E-state index is 0.0292. The molecule has 0 saturated carbocycles. The molecule has 1 aliphatic carbocycles. The molecule has 22 heteroatoms. The minimum atomic E-state index is -1.98. The van der Waals surface area contributed by atoms with Gasteiger partial charge in [0.2, 0.25) is 35.4 Å². The smallest absolute Gasteiger partial charge is 0.407 e. The molecule has 7 unspecified atom stereocenters. The Morgan fingerprint density at radius 1 is 0.571 bits per heavy atom. The SMILES string of the molecule is CCC(=O)NC(Cc1c[nH]c2ccccc12)C(=O)NC(CC(=O)NC(c1ccccc1)(c1ccccc1)c1ccccc1)C(=O)NC(CC(=O)OC)C(=O)NC(C(=O)NCC(=O)O)C(C)OC(=O)C(NC(=O)OCC1c2ccccc2-c2ccccc21)C(C)CC. The first-order valence-corrected chi connectivity index (χ1v) is 30.0. The van der Waals surface area contributed by atoms with Crippen molar-refractivity contribution in [3.8, 4) is 11.1 Å². The Kier molecular flexibility index (Phi) is 22.6. The monoisotopic (exact) mass is 1240 g/mol. The average molecular weight is 1240 g/mol. The van der Waals surface area contributed by atoms with Crippen LogP contribution in [0.1, 0.15) is 92.7 Å². The summed E-state index contributed by atoms with van der Waals surface area (Å²) in [6, 6.07) is 41.3. The van der Waals surface area contributed by atoms with Crippen molar-refractivity contribution in [3.63, 3.8) is 0 Å². The molecule has 91 heavy (non-hydrogen) atoms. The summed E-state index contributed by atoms with van der Waals surface area (Å²) < 4.78 is 16.5. The van der Waals surface area contributed by atoms with Gasteiger partial charge in [0, 0.05) is 35.9 Å². The molecule has 1 aliphatic rings. The first kappa shape index (κ1) is 66.3. The van der Waals surface area contributed by atoms with Crippen molar-refractivity contribution < 1.29 is 67.3 Å². The summed E-state index contributed by atoms with van der Waals surface area (Å²) in [6.07, 6.45) is -2.46. The highest BCUT2D eigenvalue weighted by Gasteiger charge is 2.42. The van der Waals surface area contributed by atoms with Crippen molar-refractivity contribution >= 4 is 70.3 Å². The van der Waals surface area contributed by atoms with Crippen molar-refractivity contribution in [1.82, 2.24) is 42.2 Å². The molecule has 7 atom stereocenters. The maximum Gasteiger partial charge on any atom is 0.407 e. The van der Waals surface area contributed by atoms with Crippen LogP contribution >= 0.6 is 0 Å². The van der Waals surface area contributed by atoms with Gasteiger partial charge in [-0.05, 0) is 63.4 Å². The fourth-order valence-electron chi connectivity index (χ4n) is 11.1. The first-order chi connectivity index (χ1) is 43.8. The average Bonchev–Trinajstić information content (AvgIpc) is 1.47. The fourth-order valence-corrected chi connectivity index (χ4v) is 11.1. The number of aromatic nitrogens is 1. The van der Waals surface area contributed by atoms with Gasteiger partial charge in [-0.1, -0.05) is 185 Å². The molecule has 474 valence electrons. The number of nitrogens with one attached hydrogen (secondary N) is 8. The van der Waals surface area contributed by atoms with Crippen LogP contribution in [0.2, 0.25) is 0 Å². The first-order valence-electron chi connectivity index (χ1n) is 30.0.